The highest BCUT2D eigenvalue weighted by Crippen LogP contribution is 2.52. The molecular formula is C73H58BNOS2. The molecule has 0 bridgehead atoms. The normalized spacial score (nSPS) is 13.2. The van der Waals surface area contributed by atoms with Crippen LogP contribution in [0.15, 0.2) is 219 Å². The van der Waals surface area contributed by atoms with Crippen LogP contribution in [0.25, 0.3) is 90.4 Å². The predicted molar refractivity (Wildman–Crippen MR) is 341 cm³/mol. The third-order valence-corrected chi connectivity index (χ3v) is 18.6. The lowest BCUT2D eigenvalue weighted by atomic mass is 9.34. The number of para-hydroxylation sites is 1. The van der Waals surface area contributed by atoms with Crippen LogP contribution < -0.4 is 26.0 Å². The van der Waals surface area contributed by atoms with Crippen LogP contribution in [0.2, 0.25) is 0 Å². The molecule has 78 heavy (non-hydrogen) atoms. The first-order valence-corrected chi connectivity index (χ1v) is 28.9. The van der Waals surface area contributed by atoms with Crippen LogP contribution in [-0.4, -0.2) is 6.71 Å². The highest BCUT2D eigenvalue weighted by molar-refractivity contribution is 7.26. The molecule has 0 amide bonds. The highest BCUT2D eigenvalue weighted by atomic mass is 32.1. The van der Waals surface area contributed by atoms with Crippen LogP contribution in [0.5, 0.6) is 11.5 Å². The van der Waals surface area contributed by atoms with Crippen molar-refractivity contribution in [1.82, 2.24) is 0 Å². The summed E-state index contributed by atoms with van der Waals surface area (Å²) in [4.78, 5) is 2.60. The van der Waals surface area contributed by atoms with Gasteiger partial charge in [0.05, 0.1) is 5.69 Å². The van der Waals surface area contributed by atoms with Gasteiger partial charge in [-0.05, 0) is 138 Å². The van der Waals surface area contributed by atoms with Gasteiger partial charge in [0.2, 0.25) is 0 Å². The Morgan fingerprint density at radius 3 is 1.64 bits per heavy atom. The van der Waals surface area contributed by atoms with E-state index in [0.29, 0.717) is 0 Å². The monoisotopic (exact) mass is 1040 g/mol. The van der Waals surface area contributed by atoms with Crippen molar-refractivity contribution in [3.05, 3.63) is 236 Å². The number of fused-ring (bicyclic) bond motifs is 10. The minimum Gasteiger partial charge on any atom is -0.458 e. The number of hydrogen-bond donors (Lipinski definition) is 0. The Morgan fingerprint density at radius 2 is 1.04 bits per heavy atom. The molecule has 0 unspecified atom stereocenters. The molecule has 376 valence electrons. The summed E-state index contributed by atoms with van der Waals surface area (Å²) in [5, 5.41) is 5.16. The van der Waals surface area contributed by atoms with Gasteiger partial charge < -0.3 is 9.64 Å². The molecule has 0 radical (unpaired) electrons. The molecule has 2 nitrogen and oxygen atoms in total. The molecule has 5 heteroatoms. The van der Waals surface area contributed by atoms with Gasteiger partial charge in [-0.2, -0.15) is 0 Å². The fourth-order valence-corrected chi connectivity index (χ4v) is 14.5. The number of thiophene rings is 2. The van der Waals surface area contributed by atoms with Gasteiger partial charge in [0.1, 0.15) is 11.5 Å². The number of ether oxygens (including phenoxy) is 1. The molecule has 0 N–H and O–H groups in total. The molecule has 14 rings (SSSR count). The fraction of sp³-hybridized carbons (Fsp3) is 0.123. The fourth-order valence-electron chi connectivity index (χ4n) is 12.3. The number of anilines is 3. The second-order valence-corrected chi connectivity index (χ2v) is 25.4. The van der Waals surface area contributed by atoms with Gasteiger partial charge in [-0.1, -0.05) is 212 Å². The zero-order valence-corrected chi connectivity index (χ0v) is 46.8. The van der Waals surface area contributed by atoms with Crippen LogP contribution in [0.1, 0.15) is 65.2 Å². The Morgan fingerprint density at radius 1 is 0.462 bits per heavy atom. The average molecular weight is 1040 g/mol. The minimum atomic E-state index is -0.161. The molecule has 2 aliphatic rings. The second-order valence-electron chi connectivity index (χ2n) is 23.2. The van der Waals surface area contributed by atoms with Gasteiger partial charge in [-0.3, -0.25) is 0 Å². The van der Waals surface area contributed by atoms with Crippen LogP contribution in [0.3, 0.4) is 0 Å². The first-order chi connectivity index (χ1) is 37.8. The highest BCUT2D eigenvalue weighted by Gasteiger charge is 2.44. The summed E-state index contributed by atoms with van der Waals surface area (Å²) in [7, 11) is 0. The lowest BCUT2D eigenvalue weighted by molar-refractivity contribution is 0.488. The molecule has 4 heterocycles. The van der Waals surface area contributed by atoms with Gasteiger partial charge in [0.25, 0.3) is 6.71 Å². The number of nitrogens with zero attached hydrogens (tertiary/aromatic N) is 1. The molecule has 2 aliphatic heterocycles. The van der Waals surface area contributed by atoms with Crippen molar-refractivity contribution in [1.29, 1.82) is 0 Å². The molecular weight excluding hydrogens is 982 g/mol. The largest absolute Gasteiger partial charge is 0.458 e. The van der Waals surface area contributed by atoms with Crippen molar-refractivity contribution in [2.45, 2.75) is 59.3 Å². The zero-order chi connectivity index (χ0) is 53.2. The summed E-state index contributed by atoms with van der Waals surface area (Å²) < 4.78 is 12.5. The quantitative estimate of drug-likeness (QED) is 0.117. The van der Waals surface area contributed by atoms with E-state index in [1.165, 1.54) is 79.2 Å². The average Bonchev–Trinajstić information content (AvgIpc) is 3.92. The van der Waals surface area contributed by atoms with Crippen molar-refractivity contribution in [3.8, 4) is 56.0 Å². The first-order valence-electron chi connectivity index (χ1n) is 27.2. The topological polar surface area (TPSA) is 12.5 Å². The third-order valence-electron chi connectivity index (χ3n) is 16.4. The second kappa shape index (κ2) is 18.2. The molecule has 2 aromatic heterocycles. The van der Waals surface area contributed by atoms with Gasteiger partial charge in [0, 0.05) is 62.8 Å². The molecule has 12 aromatic rings. The summed E-state index contributed by atoms with van der Waals surface area (Å²) in [6, 6.07) is 75.5. The molecule has 0 spiro atoms. The summed E-state index contributed by atoms with van der Waals surface area (Å²) in [5.41, 5.74) is 21.0. The lowest BCUT2D eigenvalue weighted by Crippen LogP contribution is -2.59. The predicted octanol–water partition coefficient (Wildman–Crippen LogP) is 19.7. The molecule has 0 aliphatic carbocycles. The summed E-state index contributed by atoms with van der Waals surface area (Å²) in [6.07, 6.45) is 4.16. The van der Waals surface area contributed by atoms with Crippen molar-refractivity contribution in [2.24, 2.45) is 0 Å². The van der Waals surface area contributed by atoms with Crippen molar-refractivity contribution in [3.63, 3.8) is 0 Å². The lowest BCUT2D eigenvalue weighted by Gasteiger charge is -2.42. The zero-order valence-electron chi connectivity index (χ0n) is 45.2. The first kappa shape index (κ1) is 48.2. The van der Waals surface area contributed by atoms with Crippen LogP contribution in [0.4, 0.5) is 17.1 Å². The molecule has 10 aromatic carbocycles. The van der Waals surface area contributed by atoms with Gasteiger partial charge >= 0.3 is 0 Å². The Hall–Kier alpha value is -8.22. The summed E-state index contributed by atoms with van der Waals surface area (Å²) in [5.74, 6) is 1.75. The number of benzene rings is 10. The number of rotatable bonds is 7. The summed E-state index contributed by atoms with van der Waals surface area (Å²) in [6.45, 7) is 20.2. The summed E-state index contributed by atoms with van der Waals surface area (Å²) >= 11 is 3.74. The standard InChI is InChI=1S/C73H58BNOS2/c1-9-44(10-2)46-29-33-62-60(37-46)74-61-38-47(50-35-52(72(3,4)5)43-53(36-50)73(6,7)8)30-34-64(61)76-65-40-51(45-19-12-11-13-20-45)39-63(70(65)74)75(62)71-54(48-27-31-58-56-21-14-16-25-66(56)77-68(58)41-48)23-18-24-55(71)49-28-32-59-57-22-15-17-26-67(57)78-69(59)42-49/h9-43H,1H2,2-8H3/b44-10+. The molecule has 0 atom stereocenters. The third kappa shape index (κ3) is 7.89. The van der Waals surface area contributed by atoms with E-state index in [1.807, 2.05) is 28.7 Å². The van der Waals surface area contributed by atoms with E-state index in [4.69, 9.17) is 4.74 Å². The van der Waals surface area contributed by atoms with Crippen molar-refractivity contribution < 1.29 is 4.74 Å². The maximum Gasteiger partial charge on any atom is 0.256 e. The van der Waals surface area contributed by atoms with Crippen LogP contribution >= 0.6 is 22.7 Å². The Kier molecular flexibility index (Phi) is 11.2. The molecule has 0 saturated heterocycles. The number of allylic oxidation sites excluding steroid dienone is 3. The van der Waals surface area contributed by atoms with Crippen LogP contribution in [0, 0.1) is 0 Å². The van der Waals surface area contributed by atoms with E-state index >= 15 is 0 Å². The van der Waals surface area contributed by atoms with Crippen LogP contribution in [-0.2, 0) is 10.8 Å². The van der Waals surface area contributed by atoms with E-state index in [1.54, 1.807) is 0 Å². The molecule has 0 fully saturated rings. The maximum atomic E-state index is 7.38. The van der Waals surface area contributed by atoms with Gasteiger partial charge in [0.15, 0.2) is 0 Å². The number of hydrogen-bond acceptors (Lipinski definition) is 4. The van der Waals surface area contributed by atoms with E-state index < -0.39 is 0 Å². The maximum absolute atomic E-state index is 7.38. The Balaban J connectivity index is 1.07. The minimum absolute atomic E-state index is 0.0299. The SMILES string of the molecule is C=C/C(=C\C)c1ccc2c(c1)B1c3cc(-c4cc(C(C)(C)C)cc(C(C)(C)C)c4)ccc3Oc3cc(-c4ccccc4)cc(c31)N2c1c(-c2ccc3c(c2)sc2ccccc23)cccc1-c1ccc2c(c1)sc1ccccc12. The van der Waals surface area contributed by atoms with E-state index in [-0.39, 0.29) is 17.5 Å². The Bertz CT molecular complexity index is 4320. The van der Waals surface area contributed by atoms with E-state index in [9.17, 15) is 0 Å². The van der Waals surface area contributed by atoms with E-state index in [2.05, 4.69) is 266 Å². The smallest absolute Gasteiger partial charge is 0.256 e. The van der Waals surface area contributed by atoms with Gasteiger partial charge in [-0.25, -0.2) is 0 Å². The van der Waals surface area contributed by atoms with E-state index in [0.717, 1.165) is 72.9 Å². The van der Waals surface area contributed by atoms with Crippen molar-refractivity contribution >= 4 is 109 Å². The Labute approximate surface area is 466 Å². The van der Waals surface area contributed by atoms with Crippen molar-refractivity contribution in [2.75, 3.05) is 4.90 Å². The van der Waals surface area contributed by atoms with Gasteiger partial charge in [-0.15, -0.1) is 22.7 Å². The molecule has 0 saturated carbocycles.